The Morgan fingerprint density at radius 1 is 1.09 bits per heavy atom. The Morgan fingerprint density at radius 3 is 2.57 bits per heavy atom. The first kappa shape index (κ1) is 15.8. The number of carbonyl (C=O) groups is 1. The van der Waals surface area contributed by atoms with Crippen LogP contribution in [0.5, 0.6) is 0 Å². The number of hydrogen-bond acceptors (Lipinski definition) is 2. The Labute approximate surface area is 141 Å². The van der Waals surface area contributed by atoms with Gasteiger partial charge >= 0.3 is 5.97 Å². The van der Waals surface area contributed by atoms with Gasteiger partial charge in [0.25, 0.3) is 0 Å². The smallest absolute Gasteiger partial charge is 0.335 e. The molecule has 0 radical (unpaired) electrons. The van der Waals surface area contributed by atoms with Crippen molar-refractivity contribution in [3.05, 3.63) is 76.4 Å². The zero-order valence-corrected chi connectivity index (χ0v) is 13.4. The number of hydrogen-bond donors (Lipinski definition) is 2. The summed E-state index contributed by atoms with van der Waals surface area (Å²) in [6.45, 7) is 2.00. The second-order valence-electron chi connectivity index (χ2n) is 5.88. The number of aromatic carboxylic acids is 1. The molecule has 2 aromatic rings. The van der Waals surface area contributed by atoms with Crippen molar-refractivity contribution in [2.45, 2.75) is 12.3 Å². The second kappa shape index (κ2) is 6.19. The molecule has 1 atom stereocenters. The molecule has 1 fully saturated rings. The van der Waals surface area contributed by atoms with Crippen LogP contribution < -0.4 is 5.32 Å². The average Bonchev–Trinajstić information content (AvgIpc) is 2.89. The molecule has 0 bridgehead atoms. The standard InChI is InChI=1S/C19H17NO2.ClH/c21-19(22)13-7-5-12(6-8-13)18-15-4-2-1-3-14(15)17-11-20-10-9-16(17)18;/h1-8,17,20H,9-11H2,(H,21,22);1H. The van der Waals surface area contributed by atoms with Gasteiger partial charge in [-0.2, -0.15) is 0 Å². The van der Waals surface area contributed by atoms with E-state index in [1.807, 2.05) is 12.1 Å². The van der Waals surface area contributed by atoms with E-state index in [1.54, 1.807) is 12.1 Å². The van der Waals surface area contributed by atoms with Crippen molar-refractivity contribution in [1.29, 1.82) is 0 Å². The lowest BCUT2D eigenvalue weighted by Crippen LogP contribution is -2.29. The fraction of sp³-hybridized carbons (Fsp3) is 0.211. The molecule has 2 N–H and O–H groups in total. The Hall–Kier alpha value is -2.10. The Morgan fingerprint density at radius 2 is 1.83 bits per heavy atom. The lowest BCUT2D eigenvalue weighted by molar-refractivity contribution is 0.0697. The van der Waals surface area contributed by atoms with E-state index < -0.39 is 5.97 Å². The summed E-state index contributed by atoms with van der Waals surface area (Å²) in [5, 5.41) is 12.5. The fourth-order valence-electron chi connectivity index (χ4n) is 3.69. The van der Waals surface area contributed by atoms with Crippen molar-refractivity contribution < 1.29 is 9.90 Å². The Kier molecular flexibility index (Phi) is 4.24. The monoisotopic (exact) mass is 327 g/mol. The number of fused-ring (bicyclic) bond motifs is 3. The Balaban J connectivity index is 0.00000156. The third-order valence-electron chi connectivity index (χ3n) is 4.69. The van der Waals surface area contributed by atoms with Crippen molar-refractivity contribution >= 4 is 23.9 Å². The predicted octanol–water partition coefficient (Wildman–Crippen LogP) is 3.70. The molecule has 23 heavy (non-hydrogen) atoms. The SMILES string of the molecule is Cl.O=C(O)c1ccc(C2=C3CCNCC3c3ccccc32)cc1. The first-order valence-electron chi connectivity index (χ1n) is 7.62. The molecule has 0 spiro atoms. The van der Waals surface area contributed by atoms with E-state index in [0.29, 0.717) is 11.5 Å². The summed E-state index contributed by atoms with van der Waals surface area (Å²) in [6, 6.07) is 15.8. The van der Waals surface area contributed by atoms with Crippen LogP contribution in [0.25, 0.3) is 5.57 Å². The van der Waals surface area contributed by atoms with Crippen LogP contribution in [0.2, 0.25) is 0 Å². The molecule has 1 unspecified atom stereocenters. The van der Waals surface area contributed by atoms with E-state index in [2.05, 4.69) is 29.6 Å². The Bertz CT molecular complexity index is 780. The second-order valence-corrected chi connectivity index (χ2v) is 5.88. The van der Waals surface area contributed by atoms with Gasteiger partial charge in [0.1, 0.15) is 0 Å². The largest absolute Gasteiger partial charge is 0.478 e. The average molecular weight is 328 g/mol. The van der Waals surface area contributed by atoms with Crippen LogP contribution in [0.1, 0.15) is 39.4 Å². The molecular weight excluding hydrogens is 310 g/mol. The zero-order valence-electron chi connectivity index (χ0n) is 12.6. The minimum absolute atomic E-state index is 0. The minimum atomic E-state index is -0.879. The van der Waals surface area contributed by atoms with Crippen molar-refractivity contribution in [3.63, 3.8) is 0 Å². The maximum absolute atomic E-state index is 11.0. The van der Waals surface area contributed by atoms with Crippen molar-refractivity contribution in [1.82, 2.24) is 5.32 Å². The first-order valence-corrected chi connectivity index (χ1v) is 7.62. The van der Waals surface area contributed by atoms with Crippen LogP contribution in [-0.2, 0) is 0 Å². The zero-order chi connectivity index (χ0) is 15.1. The van der Waals surface area contributed by atoms with E-state index >= 15 is 0 Å². The third-order valence-corrected chi connectivity index (χ3v) is 4.69. The predicted molar refractivity (Wildman–Crippen MR) is 93.3 cm³/mol. The van der Waals surface area contributed by atoms with Crippen molar-refractivity contribution in [2.24, 2.45) is 0 Å². The van der Waals surface area contributed by atoms with E-state index in [1.165, 1.54) is 22.3 Å². The number of nitrogens with one attached hydrogen (secondary N) is 1. The van der Waals surface area contributed by atoms with Crippen molar-refractivity contribution in [2.75, 3.05) is 13.1 Å². The molecule has 1 heterocycles. The van der Waals surface area contributed by atoms with Gasteiger partial charge < -0.3 is 10.4 Å². The molecule has 2 aromatic carbocycles. The lowest BCUT2D eigenvalue weighted by Gasteiger charge is -2.23. The highest BCUT2D eigenvalue weighted by Gasteiger charge is 2.32. The van der Waals surface area contributed by atoms with Gasteiger partial charge in [0.15, 0.2) is 0 Å². The number of carboxylic acids is 1. The highest BCUT2D eigenvalue weighted by Crippen LogP contribution is 2.46. The molecule has 0 aromatic heterocycles. The summed E-state index contributed by atoms with van der Waals surface area (Å²) in [4.78, 5) is 11.0. The molecule has 118 valence electrons. The molecule has 0 amide bonds. The molecule has 2 aliphatic rings. The van der Waals surface area contributed by atoms with Gasteiger partial charge in [-0.15, -0.1) is 12.4 Å². The van der Waals surface area contributed by atoms with Gasteiger partial charge in [-0.3, -0.25) is 0 Å². The van der Waals surface area contributed by atoms with Crippen LogP contribution in [0.15, 0.2) is 54.1 Å². The number of rotatable bonds is 2. The van der Waals surface area contributed by atoms with Crippen LogP contribution in [-0.4, -0.2) is 24.2 Å². The van der Waals surface area contributed by atoms with E-state index in [0.717, 1.165) is 25.1 Å². The maximum Gasteiger partial charge on any atom is 0.335 e. The maximum atomic E-state index is 11.0. The van der Waals surface area contributed by atoms with Gasteiger partial charge in [-0.25, -0.2) is 4.79 Å². The summed E-state index contributed by atoms with van der Waals surface area (Å²) < 4.78 is 0. The number of benzene rings is 2. The van der Waals surface area contributed by atoms with Gasteiger partial charge in [-0.1, -0.05) is 42.0 Å². The topological polar surface area (TPSA) is 49.3 Å². The van der Waals surface area contributed by atoms with Crippen LogP contribution in [0.4, 0.5) is 0 Å². The molecule has 4 heteroatoms. The summed E-state index contributed by atoms with van der Waals surface area (Å²) in [6.07, 6.45) is 1.05. The third kappa shape index (κ3) is 2.56. The van der Waals surface area contributed by atoms with E-state index in [4.69, 9.17) is 5.11 Å². The highest BCUT2D eigenvalue weighted by atomic mass is 35.5. The van der Waals surface area contributed by atoms with Crippen LogP contribution in [0, 0.1) is 0 Å². The normalized spacial score (nSPS) is 18.9. The minimum Gasteiger partial charge on any atom is -0.478 e. The van der Waals surface area contributed by atoms with Gasteiger partial charge in [-0.05, 0) is 47.4 Å². The van der Waals surface area contributed by atoms with Gasteiger partial charge in [0.05, 0.1) is 5.56 Å². The number of piperidine rings is 1. The summed E-state index contributed by atoms with van der Waals surface area (Å²) in [5.74, 6) is -0.421. The van der Waals surface area contributed by atoms with Gasteiger partial charge in [0, 0.05) is 12.5 Å². The fourth-order valence-corrected chi connectivity index (χ4v) is 3.69. The molecule has 0 saturated carbocycles. The van der Waals surface area contributed by atoms with E-state index in [-0.39, 0.29) is 12.4 Å². The van der Waals surface area contributed by atoms with Crippen LogP contribution in [0.3, 0.4) is 0 Å². The molecule has 1 aliphatic carbocycles. The molecule has 1 aliphatic heterocycles. The highest BCUT2D eigenvalue weighted by molar-refractivity contribution is 5.91. The number of halogens is 1. The summed E-state index contributed by atoms with van der Waals surface area (Å²) in [5.41, 5.74) is 6.94. The molecule has 1 saturated heterocycles. The van der Waals surface area contributed by atoms with E-state index in [9.17, 15) is 4.79 Å². The molecular formula is C19H18ClNO2. The van der Waals surface area contributed by atoms with Crippen LogP contribution >= 0.6 is 12.4 Å². The summed E-state index contributed by atoms with van der Waals surface area (Å²) >= 11 is 0. The lowest BCUT2D eigenvalue weighted by atomic mass is 9.90. The summed E-state index contributed by atoms with van der Waals surface area (Å²) in [7, 11) is 0. The molecule has 3 nitrogen and oxygen atoms in total. The number of carboxylic acid groups (broad SMARTS) is 1. The quantitative estimate of drug-likeness (QED) is 0.884. The molecule has 4 rings (SSSR count). The van der Waals surface area contributed by atoms with Crippen molar-refractivity contribution in [3.8, 4) is 0 Å². The van der Waals surface area contributed by atoms with Gasteiger partial charge in [0.2, 0.25) is 0 Å². The first-order chi connectivity index (χ1) is 10.8.